The van der Waals surface area contributed by atoms with Gasteiger partial charge in [-0.2, -0.15) is 0 Å². The van der Waals surface area contributed by atoms with Crippen molar-refractivity contribution in [2.75, 3.05) is 13.2 Å². The number of carbonyl (C=O) groups is 3. The van der Waals surface area contributed by atoms with Crippen molar-refractivity contribution in [3.8, 4) is 0 Å². The Bertz CT molecular complexity index is 424. The predicted octanol–water partition coefficient (Wildman–Crippen LogP) is 1.37. The van der Waals surface area contributed by atoms with Crippen LogP contribution in [-0.4, -0.2) is 30.9 Å². The lowest BCUT2D eigenvalue weighted by atomic mass is 10.2. The highest BCUT2D eigenvalue weighted by molar-refractivity contribution is 5.94. The van der Waals surface area contributed by atoms with Crippen LogP contribution in [0, 0.1) is 0 Å². The molecule has 5 heteroatoms. The summed E-state index contributed by atoms with van der Waals surface area (Å²) in [5.41, 5.74) is 0.438. The van der Waals surface area contributed by atoms with E-state index in [1.165, 1.54) is 6.92 Å². The first-order valence-electron chi connectivity index (χ1n) is 5.47. The number of ether oxygens (including phenoxy) is 2. The fourth-order valence-corrected chi connectivity index (χ4v) is 1.20. The van der Waals surface area contributed by atoms with Gasteiger partial charge in [0.15, 0.2) is 0 Å². The third-order valence-electron chi connectivity index (χ3n) is 1.98. The van der Waals surface area contributed by atoms with Gasteiger partial charge in [-0.05, 0) is 19.1 Å². The maximum atomic E-state index is 11.5. The van der Waals surface area contributed by atoms with Crippen LogP contribution in [0.25, 0.3) is 0 Å². The normalized spacial score (nSPS) is 9.61. The quantitative estimate of drug-likeness (QED) is 0.433. The Hall–Kier alpha value is -2.17. The average molecular weight is 250 g/mol. The van der Waals surface area contributed by atoms with Crippen LogP contribution in [0.3, 0.4) is 0 Å². The molecule has 96 valence electrons. The highest BCUT2D eigenvalue weighted by Gasteiger charge is 2.08. The van der Waals surface area contributed by atoms with Gasteiger partial charge < -0.3 is 9.47 Å². The lowest BCUT2D eigenvalue weighted by Gasteiger charge is -2.05. The molecule has 0 unspecified atom stereocenters. The molecule has 0 spiro atoms. The van der Waals surface area contributed by atoms with Crippen LogP contribution in [0.4, 0.5) is 0 Å². The molecule has 0 N–H and O–H groups in total. The van der Waals surface area contributed by atoms with Crippen molar-refractivity contribution in [2.24, 2.45) is 0 Å². The van der Waals surface area contributed by atoms with E-state index in [4.69, 9.17) is 9.47 Å². The van der Waals surface area contributed by atoms with Crippen molar-refractivity contribution in [1.82, 2.24) is 0 Å². The molecule has 0 amide bonds. The van der Waals surface area contributed by atoms with Crippen molar-refractivity contribution in [3.05, 3.63) is 35.9 Å². The van der Waals surface area contributed by atoms with Gasteiger partial charge in [0.05, 0.1) is 5.56 Å². The Morgan fingerprint density at radius 2 is 1.61 bits per heavy atom. The second-order valence-electron chi connectivity index (χ2n) is 3.60. The summed E-state index contributed by atoms with van der Waals surface area (Å²) in [4.78, 5) is 33.0. The average Bonchev–Trinajstić information content (AvgIpc) is 2.34. The smallest absolute Gasteiger partial charge is 0.338 e. The van der Waals surface area contributed by atoms with Gasteiger partial charge in [0, 0.05) is 0 Å². The molecule has 0 bridgehead atoms. The molecule has 0 saturated heterocycles. The third kappa shape index (κ3) is 5.25. The molecule has 1 aromatic rings. The van der Waals surface area contributed by atoms with Gasteiger partial charge in [-0.15, -0.1) is 0 Å². The Labute approximate surface area is 105 Å². The lowest BCUT2D eigenvalue weighted by Crippen LogP contribution is -2.15. The Kier molecular flexibility index (Phi) is 5.57. The summed E-state index contributed by atoms with van der Waals surface area (Å²) >= 11 is 0. The van der Waals surface area contributed by atoms with Crippen molar-refractivity contribution < 1.29 is 23.9 Å². The van der Waals surface area contributed by atoms with Gasteiger partial charge in [-0.1, -0.05) is 18.2 Å². The molecule has 0 aliphatic carbocycles. The molecule has 0 aromatic heterocycles. The van der Waals surface area contributed by atoms with Crippen LogP contribution >= 0.6 is 0 Å². The summed E-state index contributed by atoms with van der Waals surface area (Å²) in [6.45, 7) is 1.22. The summed E-state index contributed by atoms with van der Waals surface area (Å²) in [6.07, 6.45) is -0.257. The number of ketones is 1. The number of benzene rings is 1. The summed E-state index contributed by atoms with van der Waals surface area (Å²) in [5.74, 6) is -1.35. The van der Waals surface area contributed by atoms with E-state index in [1.54, 1.807) is 30.3 Å². The molecule has 0 fully saturated rings. The summed E-state index contributed by atoms with van der Waals surface area (Å²) in [6, 6.07) is 8.50. The Balaban J connectivity index is 2.21. The van der Waals surface area contributed by atoms with Crippen LogP contribution < -0.4 is 0 Å². The summed E-state index contributed by atoms with van der Waals surface area (Å²) < 4.78 is 9.58. The van der Waals surface area contributed by atoms with Crippen LogP contribution in [-0.2, 0) is 19.1 Å². The standard InChI is InChI=1S/C13H14O5/c1-10(14)9-12(15)17-7-8-18-13(16)11-5-3-2-4-6-11/h2-6H,7-9H2,1H3. The summed E-state index contributed by atoms with van der Waals surface area (Å²) in [7, 11) is 0. The SMILES string of the molecule is CC(=O)CC(=O)OCCOC(=O)c1ccccc1. The second-order valence-corrected chi connectivity index (χ2v) is 3.60. The van der Waals surface area contributed by atoms with Gasteiger partial charge in [-0.3, -0.25) is 9.59 Å². The minimum atomic E-state index is -0.613. The van der Waals surface area contributed by atoms with E-state index in [0.717, 1.165) is 0 Å². The number of hydrogen-bond acceptors (Lipinski definition) is 5. The van der Waals surface area contributed by atoms with Crippen LogP contribution in [0.2, 0.25) is 0 Å². The van der Waals surface area contributed by atoms with E-state index < -0.39 is 11.9 Å². The zero-order valence-electron chi connectivity index (χ0n) is 10.0. The van der Waals surface area contributed by atoms with Gasteiger partial charge in [0.25, 0.3) is 0 Å². The van der Waals surface area contributed by atoms with E-state index in [2.05, 4.69) is 0 Å². The monoisotopic (exact) mass is 250 g/mol. The molecule has 0 heterocycles. The van der Waals surface area contributed by atoms with Crippen LogP contribution in [0.1, 0.15) is 23.7 Å². The van der Waals surface area contributed by atoms with E-state index >= 15 is 0 Å². The van der Waals surface area contributed by atoms with Crippen molar-refractivity contribution in [1.29, 1.82) is 0 Å². The molecule has 0 aliphatic rings. The highest BCUT2D eigenvalue weighted by Crippen LogP contribution is 2.00. The molecule has 0 saturated carbocycles. The van der Waals surface area contributed by atoms with Crippen LogP contribution in [0.5, 0.6) is 0 Å². The van der Waals surface area contributed by atoms with Gasteiger partial charge >= 0.3 is 11.9 Å². The maximum absolute atomic E-state index is 11.5. The molecule has 0 atom stereocenters. The molecule has 0 radical (unpaired) electrons. The van der Waals surface area contributed by atoms with Crippen LogP contribution in [0.15, 0.2) is 30.3 Å². The first-order valence-corrected chi connectivity index (χ1v) is 5.47. The van der Waals surface area contributed by atoms with E-state index in [0.29, 0.717) is 5.56 Å². The molecular weight excluding hydrogens is 236 g/mol. The molecular formula is C13H14O5. The Morgan fingerprint density at radius 3 is 2.22 bits per heavy atom. The van der Waals surface area contributed by atoms with Crippen molar-refractivity contribution in [2.45, 2.75) is 13.3 Å². The van der Waals surface area contributed by atoms with Gasteiger partial charge in [0.1, 0.15) is 25.4 Å². The number of esters is 2. The first kappa shape index (κ1) is 13.9. The summed E-state index contributed by atoms with van der Waals surface area (Å²) in [5, 5.41) is 0. The minimum absolute atomic E-state index is 0.0304. The number of rotatable bonds is 6. The van der Waals surface area contributed by atoms with E-state index in [9.17, 15) is 14.4 Å². The predicted molar refractivity (Wildman–Crippen MR) is 63.0 cm³/mol. The zero-order valence-corrected chi connectivity index (χ0v) is 10.0. The molecule has 5 nitrogen and oxygen atoms in total. The maximum Gasteiger partial charge on any atom is 0.338 e. The topological polar surface area (TPSA) is 69.7 Å². The lowest BCUT2D eigenvalue weighted by molar-refractivity contribution is -0.146. The zero-order chi connectivity index (χ0) is 13.4. The van der Waals surface area contributed by atoms with Gasteiger partial charge in [-0.25, -0.2) is 4.79 Å². The molecule has 18 heavy (non-hydrogen) atoms. The minimum Gasteiger partial charge on any atom is -0.462 e. The van der Waals surface area contributed by atoms with Crippen molar-refractivity contribution >= 4 is 17.7 Å². The third-order valence-corrected chi connectivity index (χ3v) is 1.98. The molecule has 1 rings (SSSR count). The second kappa shape index (κ2) is 7.21. The fraction of sp³-hybridized carbons (Fsp3) is 0.308. The molecule has 0 aliphatic heterocycles. The van der Waals surface area contributed by atoms with E-state index in [-0.39, 0.29) is 25.4 Å². The van der Waals surface area contributed by atoms with E-state index in [1.807, 2.05) is 0 Å². The van der Waals surface area contributed by atoms with Crippen molar-refractivity contribution in [3.63, 3.8) is 0 Å². The largest absolute Gasteiger partial charge is 0.462 e. The van der Waals surface area contributed by atoms with Gasteiger partial charge in [0.2, 0.25) is 0 Å². The number of hydrogen-bond donors (Lipinski definition) is 0. The number of Topliss-reactive ketones (excluding diaryl/α,β-unsaturated/α-hetero) is 1. The number of carbonyl (C=O) groups excluding carboxylic acids is 3. The Morgan fingerprint density at radius 1 is 1.00 bits per heavy atom. The fourth-order valence-electron chi connectivity index (χ4n) is 1.20. The molecule has 1 aromatic carbocycles. The highest BCUT2D eigenvalue weighted by atomic mass is 16.6. The first-order chi connectivity index (χ1) is 8.59.